The smallest absolute Gasteiger partial charge is 0.341 e. The van der Waals surface area contributed by atoms with Gasteiger partial charge in [-0.05, 0) is 43.7 Å². The number of rotatable bonds is 6. The summed E-state index contributed by atoms with van der Waals surface area (Å²) in [5.74, 6) is -2.25. The van der Waals surface area contributed by atoms with Crippen LogP contribution in [-0.2, 0) is 9.53 Å². The number of anilines is 1. The largest absolute Gasteiger partial charge is 0.462 e. The second-order valence-corrected chi connectivity index (χ2v) is 8.59. The first-order valence-corrected chi connectivity index (χ1v) is 11.4. The SMILES string of the molecule is CCOC(=O)c1c(-c2ccc(Cl)cc2)csc1NC(=O)[C@H](C)N1C(=O)c2ccccc2C1=O. The van der Waals surface area contributed by atoms with Crippen LogP contribution in [0.5, 0.6) is 0 Å². The van der Waals surface area contributed by atoms with Gasteiger partial charge >= 0.3 is 5.97 Å². The fourth-order valence-electron chi connectivity index (χ4n) is 3.59. The molecule has 1 N–H and O–H groups in total. The minimum Gasteiger partial charge on any atom is -0.462 e. The summed E-state index contributed by atoms with van der Waals surface area (Å²) in [7, 11) is 0. The van der Waals surface area contributed by atoms with E-state index < -0.39 is 29.7 Å². The molecular weight excluding hydrogens is 464 g/mol. The van der Waals surface area contributed by atoms with Gasteiger partial charge < -0.3 is 10.1 Å². The molecule has 4 rings (SSSR count). The minimum absolute atomic E-state index is 0.160. The first kappa shape index (κ1) is 22.7. The first-order chi connectivity index (χ1) is 15.8. The predicted molar refractivity (Wildman–Crippen MR) is 126 cm³/mol. The molecule has 0 unspecified atom stereocenters. The average Bonchev–Trinajstić information content (AvgIpc) is 3.33. The highest BCUT2D eigenvalue weighted by Gasteiger charge is 2.41. The van der Waals surface area contributed by atoms with Crippen molar-refractivity contribution in [2.75, 3.05) is 11.9 Å². The maximum absolute atomic E-state index is 13.0. The van der Waals surface area contributed by atoms with Crippen molar-refractivity contribution in [1.29, 1.82) is 0 Å². The zero-order valence-corrected chi connectivity index (χ0v) is 19.3. The number of carbonyl (C=O) groups excluding carboxylic acids is 4. The summed E-state index contributed by atoms with van der Waals surface area (Å²) in [5.41, 5.74) is 2.03. The first-order valence-electron chi connectivity index (χ1n) is 10.2. The number of amides is 3. The van der Waals surface area contributed by atoms with Crippen LogP contribution < -0.4 is 5.32 Å². The Morgan fingerprint density at radius 1 is 1.03 bits per heavy atom. The van der Waals surface area contributed by atoms with Crippen molar-refractivity contribution < 1.29 is 23.9 Å². The van der Waals surface area contributed by atoms with E-state index in [0.717, 1.165) is 21.8 Å². The van der Waals surface area contributed by atoms with E-state index in [1.54, 1.807) is 60.8 Å². The van der Waals surface area contributed by atoms with Gasteiger partial charge in [-0.25, -0.2) is 4.79 Å². The lowest BCUT2D eigenvalue weighted by atomic mass is 10.0. The van der Waals surface area contributed by atoms with Crippen LogP contribution in [0.25, 0.3) is 11.1 Å². The highest BCUT2D eigenvalue weighted by Crippen LogP contribution is 2.37. The Balaban J connectivity index is 1.63. The van der Waals surface area contributed by atoms with Crippen molar-refractivity contribution in [3.63, 3.8) is 0 Å². The Labute approximate surface area is 198 Å². The third-order valence-electron chi connectivity index (χ3n) is 5.25. The minimum atomic E-state index is -1.09. The normalized spacial score (nSPS) is 13.6. The quantitative estimate of drug-likeness (QED) is 0.399. The Kier molecular flexibility index (Phi) is 6.31. The van der Waals surface area contributed by atoms with E-state index >= 15 is 0 Å². The number of fused-ring (bicyclic) bond motifs is 1. The fourth-order valence-corrected chi connectivity index (χ4v) is 4.68. The van der Waals surface area contributed by atoms with Gasteiger partial charge in [0.05, 0.1) is 17.7 Å². The van der Waals surface area contributed by atoms with Gasteiger partial charge in [-0.2, -0.15) is 0 Å². The molecule has 1 atom stereocenters. The summed E-state index contributed by atoms with van der Waals surface area (Å²) in [4.78, 5) is 52.2. The predicted octanol–water partition coefficient (Wildman–Crippen LogP) is 4.87. The molecule has 3 aromatic rings. The summed E-state index contributed by atoms with van der Waals surface area (Å²) in [6, 6.07) is 12.3. The van der Waals surface area contributed by atoms with Gasteiger partial charge in [-0.1, -0.05) is 35.9 Å². The van der Waals surface area contributed by atoms with E-state index in [1.165, 1.54) is 6.92 Å². The Morgan fingerprint density at radius 3 is 2.21 bits per heavy atom. The Morgan fingerprint density at radius 2 is 1.64 bits per heavy atom. The lowest BCUT2D eigenvalue weighted by Crippen LogP contribution is -2.45. The lowest BCUT2D eigenvalue weighted by molar-refractivity contribution is -0.119. The second kappa shape index (κ2) is 9.17. The molecule has 1 aliphatic rings. The van der Waals surface area contributed by atoms with Gasteiger partial charge in [0.15, 0.2) is 0 Å². The number of nitrogens with zero attached hydrogens (tertiary/aromatic N) is 1. The van der Waals surface area contributed by atoms with E-state index in [4.69, 9.17) is 16.3 Å². The number of hydrogen-bond acceptors (Lipinski definition) is 6. The summed E-state index contributed by atoms with van der Waals surface area (Å²) >= 11 is 7.13. The molecule has 3 amide bonds. The number of esters is 1. The van der Waals surface area contributed by atoms with Gasteiger partial charge in [0.25, 0.3) is 11.8 Å². The fraction of sp³-hybridized carbons (Fsp3) is 0.167. The van der Waals surface area contributed by atoms with Gasteiger partial charge in [-0.15, -0.1) is 11.3 Å². The molecule has 0 fully saturated rings. The highest BCUT2D eigenvalue weighted by molar-refractivity contribution is 7.15. The van der Waals surface area contributed by atoms with Crippen molar-refractivity contribution in [3.05, 3.63) is 75.6 Å². The van der Waals surface area contributed by atoms with Crippen molar-refractivity contribution in [2.24, 2.45) is 0 Å². The van der Waals surface area contributed by atoms with Crippen LogP contribution in [0, 0.1) is 0 Å². The molecular formula is C24H19ClN2O5S. The van der Waals surface area contributed by atoms with Crippen LogP contribution in [-0.4, -0.2) is 41.2 Å². The summed E-state index contributed by atoms with van der Waals surface area (Å²) < 4.78 is 5.20. The monoisotopic (exact) mass is 482 g/mol. The third kappa shape index (κ3) is 4.15. The van der Waals surface area contributed by atoms with E-state index in [1.807, 2.05) is 0 Å². The number of benzene rings is 2. The van der Waals surface area contributed by atoms with Crippen LogP contribution in [0.4, 0.5) is 5.00 Å². The molecule has 2 aromatic carbocycles. The maximum Gasteiger partial charge on any atom is 0.341 e. The van der Waals surface area contributed by atoms with E-state index in [-0.39, 0.29) is 28.3 Å². The molecule has 0 radical (unpaired) electrons. The molecule has 2 heterocycles. The molecule has 0 saturated carbocycles. The molecule has 0 saturated heterocycles. The van der Waals surface area contributed by atoms with Crippen LogP contribution in [0.15, 0.2) is 53.9 Å². The van der Waals surface area contributed by atoms with Crippen LogP contribution in [0.1, 0.15) is 44.9 Å². The van der Waals surface area contributed by atoms with Gasteiger partial charge in [-0.3, -0.25) is 19.3 Å². The summed E-state index contributed by atoms with van der Waals surface area (Å²) in [5, 5.41) is 5.26. The zero-order valence-electron chi connectivity index (χ0n) is 17.8. The van der Waals surface area contributed by atoms with Crippen molar-refractivity contribution in [2.45, 2.75) is 19.9 Å². The molecule has 9 heteroatoms. The van der Waals surface area contributed by atoms with Crippen LogP contribution in [0.2, 0.25) is 5.02 Å². The van der Waals surface area contributed by atoms with Crippen molar-refractivity contribution in [3.8, 4) is 11.1 Å². The molecule has 0 spiro atoms. The number of nitrogens with one attached hydrogen (secondary N) is 1. The molecule has 33 heavy (non-hydrogen) atoms. The number of thiophene rings is 1. The standard InChI is InChI=1S/C24H19ClN2O5S/c1-3-32-24(31)19-18(14-8-10-15(25)11-9-14)12-33-21(19)26-20(28)13(2)27-22(29)16-6-4-5-7-17(16)23(27)30/h4-13H,3H2,1-2H3,(H,26,28)/t13-/m0/s1. The molecule has 1 aromatic heterocycles. The number of carbonyl (C=O) groups is 4. The maximum atomic E-state index is 13.0. The number of imide groups is 1. The van der Waals surface area contributed by atoms with Gasteiger partial charge in [0.2, 0.25) is 5.91 Å². The molecule has 0 bridgehead atoms. The molecule has 1 aliphatic heterocycles. The van der Waals surface area contributed by atoms with Gasteiger partial charge in [0, 0.05) is 16.0 Å². The molecule has 168 valence electrons. The van der Waals surface area contributed by atoms with Crippen molar-refractivity contribution >= 4 is 51.6 Å². The molecule has 0 aliphatic carbocycles. The molecule has 7 nitrogen and oxygen atoms in total. The summed E-state index contributed by atoms with van der Waals surface area (Å²) in [6.45, 7) is 3.32. The average molecular weight is 483 g/mol. The van der Waals surface area contributed by atoms with Crippen LogP contribution in [0.3, 0.4) is 0 Å². The number of ether oxygens (including phenoxy) is 1. The van der Waals surface area contributed by atoms with E-state index in [9.17, 15) is 19.2 Å². The topological polar surface area (TPSA) is 92.8 Å². The highest BCUT2D eigenvalue weighted by atomic mass is 35.5. The third-order valence-corrected chi connectivity index (χ3v) is 6.40. The Bertz CT molecular complexity index is 1230. The van der Waals surface area contributed by atoms with E-state index in [0.29, 0.717) is 10.6 Å². The van der Waals surface area contributed by atoms with E-state index in [2.05, 4.69) is 5.32 Å². The zero-order chi connectivity index (χ0) is 23.7. The lowest BCUT2D eigenvalue weighted by Gasteiger charge is -2.21. The second-order valence-electron chi connectivity index (χ2n) is 7.27. The Hall–Kier alpha value is -3.49. The van der Waals surface area contributed by atoms with Crippen molar-refractivity contribution in [1.82, 2.24) is 4.90 Å². The summed E-state index contributed by atoms with van der Waals surface area (Å²) in [6.07, 6.45) is 0. The number of halogens is 1. The van der Waals surface area contributed by atoms with Crippen LogP contribution >= 0.6 is 22.9 Å². The number of hydrogen-bond donors (Lipinski definition) is 1. The van der Waals surface area contributed by atoms with Gasteiger partial charge in [0.1, 0.15) is 16.6 Å².